The van der Waals surface area contributed by atoms with E-state index in [1.54, 1.807) is 11.8 Å². The third kappa shape index (κ3) is 2.66. The van der Waals surface area contributed by atoms with Gasteiger partial charge in [0.05, 0.1) is 22.7 Å². The lowest BCUT2D eigenvalue weighted by atomic mass is 9.97. The fraction of sp³-hybridized carbons (Fsp3) is 0.462. The maximum Gasteiger partial charge on any atom is 0.223 e. The second-order valence-corrected chi connectivity index (χ2v) is 5.56. The van der Waals surface area contributed by atoms with Gasteiger partial charge in [0, 0.05) is 24.4 Å². The zero-order valence-corrected chi connectivity index (χ0v) is 11.9. The molecule has 104 valence electrons. The molecule has 2 atom stereocenters. The van der Waals surface area contributed by atoms with Crippen molar-refractivity contribution in [3.8, 4) is 5.75 Å². The number of aliphatic hydroxyl groups is 1. The minimum absolute atomic E-state index is 0.0469. The SMILES string of the molecule is C[C@H](CO)N1C[C@H](c2c(O)ccc(Cl)c2Cl)CC1=O. The van der Waals surface area contributed by atoms with E-state index in [9.17, 15) is 9.90 Å². The molecular formula is C13H15Cl2NO3. The second kappa shape index (κ2) is 5.57. The van der Waals surface area contributed by atoms with Crippen LogP contribution in [0.3, 0.4) is 0 Å². The topological polar surface area (TPSA) is 60.8 Å². The Balaban J connectivity index is 2.31. The molecular weight excluding hydrogens is 289 g/mol. The van der Waals surface area contributed by atoms with E-state index < -0.39 is 0 Å². The van der Waals surface area contributed by atoms with Gasteiger partial charge in [-0.3, -0.25) is 4.79 Å². The number of amides is 1. The summed E-state index contributed by atoms with van der Waals surface area (Å²) in [4.78, 5) is 13.5. The van der Waals surface area contributed by atoms with Crippen molar-refractivity contribution in [1.82, 2.24) is 4.90 Å². The molecule has 0 spiro atoms. The maximum absolute atomic E-state index is 11.9. The Labute approximate surface area is 121 Å². The van der Waals surface area contributed by atoms with Gasteiger partial charge in [-0.25, -0.2) is 0 Å². The summed E-state index contributed by atoms with van der Waals surface area (Å²) in [7, 11) is 0. The number of rotatable bonds is 3. The van der Waals surface area contributed by atoms with Crippen LogP contribution >= 0.6 is 23.2 Å². The normalized spacial score (nSPS) is 20.9. The first kappa shape index (κ1) is 14.4. The van der Waals surface area contributed by atoms with E-state index in [0.29, 0.717) is 17.1 Å². The van der Waals surface area contributed by atoms with Gasteiger partial charge in [-0.05, 0) is 19.1 Å². The summed E-state index contributed by atoms with van der Waals surface area (Å²) >= 11 is 12.1. The minimum Gasteiger partial charge on any atom is -0.508 e. The molecule has 1 aliphatic heterocycles. The lowest BCUT2D eigenvalue weighted by Crippen LogP contribution is -2.36. The fourth-order valence-electron chi connectivity index (χ4n) is 2.39. The summed E-state index contributed by atoms with van der Waals surface area (Å²) in [6.45, 7) is 2.11. The number of phenolic OH excluding ortho intramolecular Hbond substituents is 1. The quantitative estimate of drug-likeness (QED) is 0.901. The largest absolute Gasteiger partial charge is 0.508 e. The monoisotopic (exact) mass is 303 g/mol. The highest BCUT2D eigenvalue weighted by Crippen LogP contribution is 2.41. The molecule has 0 unspecified atom stereocenters. The molecule has 6 heteroatoms. The Hall–Kier alpha value is -0.970. The summed E-state index contributed by atoms with van der Waals surface area (Å²) in [5, 5.41) is 19.7. The standard InChI is InChI=1S/C13H15Cl2NO3/c1-7(6-17)16-5-8(4-11(16)19)12-10(18)3-2-9(14)13(12)15/h2-3,7-8,17-18H,4-6H2,1H3/t7-,8-/m1/s1. The molecule has 1 aliphatic rings. The summed E-state index contributed by atoms with van der Waals surface area (Å²) in [5.41, 5.74) is 0.509. The Morgan fingerprint density at radius 1 is 1.47 bits per heavy atom. The number of aromatic hydroxyl groups is 1. The second-order valence-electron chi connectivity index (χ2n) is 4.77. The molecule has 1 amide bonds. The van der Waals surface area contributed by atoms with E-state index >= 15 is 0 Å². The van der Waals surface area contributed by atoms with Crippen molar-refractivity contribution in [2.24, 2.45) is 0 Å². The third-order valence-corrected chi connectivity index (χ3v) is 4.29. The number of aliphatic hydroxyl groups excluding tert-OH is 1. The van der Waals surface area contributed by atoms with Crippen LogP contribution in [0, 0.1) is 0 Å². The van der Waals surface area contributed by atoms with Crippen molar-refractivity contribution < 1.29 is 15.0 Å². The van der Waals surface area contributed by atoms with Crippen LogP contribution in [-0.4, -0.2) is 40.2 Å². The van der Waals surface area contributed by atoms with Gasteiger partial charge in [0.25, 0.3) is 0 Å². The first-order chi connectivity index (χ1) is 8.95. The number of hydrogen-bond donors (Lipinski definition) is 2. The van der Waals surface area contributed by atoms with E-state index in [0.717, 1.165) is 0 Å². The molecule has 0 radical (unpaired) electrons. The smallest absolute Gasteiger partial charge is 0.223 e. The Morgan fingerprint density at radius 3 is 2.79 bits per heavy atom. The highest BCUT2D eigenvalue weighted by molar-refractivity contribution is 6.42. The molecule has 1 aromatic carbocycles. The van der Waals surface area contributed by atoms with Crippen LogP contribution < -0.4 is 0 Å². The van der Waals surface area contributed by atoms with Crippen molar-refractivity contribution in [2.45, 2.75) is 25.3 Å². The van der Waals surface area contributed by atoms with Crippen LogP contribution in [0.4, 0.5) is 0 Å². The van der Waals surface area contributed by atoms with Crippen molar-refractivity contribution >= 4 is 29.1 Å². The van der Waals surface area contributed by atoms with Gasteiger partial charge in [-0.1, -0.05) is 23.2 Å². The summed E-state index contributed by atoms with van der Waals surface area (Å²) in [5.74, 6) is -0.208. The van der Waals surface area contributed by atoms with Crippen LogP contribution in [0.5, 0.6) is 5.75 Å². The van der Waals surface area contributed by atoms with Gasteiger partial charge in [0.2, 0.25) is 5.91 Å². The Bertz CT molecular complexity index is 507. The molecule has 2 rings (SSSR count). The van der Waals surface area contributed by atoms with E-state index in [1.165, 1.54) is 12.1 Å². The van der Waals surface area contributed by atoms with Crippen molar-refractivity contribution in [3.05, 3.63) is 27.7 Å². The molecule has 1 aromatic rings. The van der Waals surface area contributed by atoms with Crippen molar-refractivity contribution in [2.75, 3.05) is 13.2 Å². The average Bonchev–Trinajstić information content (AvgIpc) is 2.75. The first-order valence-corrected chi connectivity index (χ1v) is 6.78. The lowest BCUT2D eigenvalue weighted by Gasteiger charge is -2.23. The van der Waals surface area contributed by atoms with E-state index in [2.05, 4.69) is 0 Å². The molecule has 0 bridgehead atoms. The summed E-state index contributed by atoms with van der Waals surface area (Å²) < 4.78 is 0. The number of halogens is 2. The van der Waals surface area contributed by atoms with Gasteiger partial charge >= 0.3 is 0 Å². The van der Waals surface area contributed by atoms with E-state index in [1.807, 2.05) is 0 Å². The molecule has 1 fully saturated rings. The number of carbonyl (C=O) groups excluding carboxylic acids is 1. The molecule has 0 aromatic heterocycles. The van der Waals surface area contributed by atoms with E-state index in [4.69, 9.17) is 28.3 Å². The highest BCUT2D eigenvalue weighted by Gasteiger charge is 2.35. The molecule has 0 aliphatic carbocycles. The maximum atomic E-state index is 11.9. The molecule has 2 N–H and O–H groups in total. The number of hydrogen-bond acceptors (Lipinski definition) is 3. The predicted octanol–water partition coefficient (Wildman–Crippen LogP) is 2.40. The Kier molecular flexibility index (Phi) is 4.23. The summed E-state index contributed by atoms with van der Waals surface area (Å²) in [6, 6.07) is 2.76. The van der Waals surface area contributed by atoms with Crippen LogP contribution in [0.1, 0.15) is 24.8 Å². The third-order valence-electron chi connectivity index (χ3n) is 3.47. The lowest BCUT2D eigenvalue weighted by molar-refractivity contribution is -0.130. The molecule has 1 heterocycles. The Morgan fingerprint density at radius 2 is 2.16 bits per heavy atom. The van der Waals surface area contributed by atoms with Crippen LogP contribution in [0.15, 0.2) is 12.1 Å². The molecule has 19 heavy (non-hydrogen) atoms. The summed E-state index contributed by atoms with van der Waals surface area (Å²) in [6.07, 6.45) is 0.262. The van der Waals surface area contributed by atoms with Crippen LogP contribution in [-0.2, 0) is 4.79 Å². The number of phenols is 1. The number of carbonyl (C=O) groups is 1. The minimum atomic E-state index is -0.238. The average molecular weight is 304 g/mol. The number of benzene rings is 1. The van der Waals surface area contributed by atoms with Gasteiger partial charge in [0.1, 0.15) is 5.75 Å². The predicted molar refractivity (Wildman–Crippen MR) is 73.7 cm³/mol. The van der Waals surface area contributed by atoms with Crippen LogP contribution in [0.25, 0.3) is 0 Å². The molecule has 4 nitrogen and oxygen atoms in total. The zero-order valence-electron chi connectivity index (χ0n) is 10.4. The van der Waals surface area contributed by atoms with Gasteiger partial charge in [-0.2, -0.15) is 0 Å². The van der Waals surface area contributed by atoms with Crippen molar-refractivity contribution in [1.29, 1.82) is 0 Å². The zero-order chi connectivity index (χ0) is 14.2. The van der Waals surface area contributed by atoms with Gasteiger partial charge < -0.3 is 15.1 Å². The first-order valence-electron chi connectivity index (χ1n) is 6.02. The molecule has 0 saturated carbocycles. The highest BCUT2D eigenvalue weighted by atomic mass is 35.5. The number of likely N-dealkylation sites (tertiary alicyclic amines) is 1. The van der Waals surface area contributed by atoms with Crippen molar-refractivity contribution in [3.63, 3.8) is 0 Å². The van der Waals surface area contributed by atoms with E-state index in [-0.39, 0.29) is 41.7 Å². The number of nitrogens with zero attached hydrogens (tertiary/aromatic N) is 1. The fourth-order valence-corrected chi connectivity index (χ4v) is 2.87. The van der Waals surface area contributed by atoms with Gasteiger partial charge in [0.15, 0.2) is 0 Å². The van der Waals surface area contributed by atoms with Gasteiger partial charge in [-0.15, -0.1) is 0 Å². The molecule has 1 saturated heterocycles. The van der Waals surface area contributed by atoms with Crippen LogP contribution in [0.2, 0.25) is 10.0 Å².